The average molecular weight is 410 g/mol. The van der Waals surface area contributed by atoms with Gasteiger partial charge in [-0.25, -0.2) is 0 Å². The summed E-state index contributed by atoms with van der Waals surface area (Å²) in [4.78, 5) is 55.2. The highest BCUT2D eigenvalue weighted by molar-refractivity contribution is 6.23. The third-order valence-corrected chi connectivity index (χ3v) is 6.87. The minimum atomic E-state index is -0.921. The van der Waals surface area contributed by atoms with Crippen LogP contribution in [0.2, 0.25) is 0 Å². The lowest BCUT2D eigenvalue weighted by Gasteiger charge is -2.39. The first-order valence-electron chi connectivity index (χ1n) is 10.8. The van der Waals surface area contributed by atoms with Crippen LogP contribution in [0, 0.1) is 5.92 Å². The van der Waals surface area contributed by atoms with Crippen LogP contribution in [0.15, 0.2) is 18.2 Å². The Morgan fingerprint density at radius 1 is 0.900 bits per heavy atom. The van der Waals surface area contributed by atoms with E-state index in [0.29, 0.717) is 11.1 Å². The maximum absolute atomic E-state index is 13.0. The van der Waals surface area contributed by atoms with Crippen molar-refractivity contribution in [3.05, 3.63) is 29.3 Å². The van der Waals surface area contributed by atoms with E-state index in [1.54, 1.807) is 12.1 Å². The molecule has 4 amide bonds. The monoisotopic (exact) mass is 410 g/mol. The number of likely N-dealkylation sites (tertiary alicyclic amines) is 1. The Labute approximate surface area is 175 Å². The maximum atomic E-state index is 13.0. The number of hydrogen-bond acceptors (Lipinski definition) is 6. The number of amides is 4. The van der Waals surface area contributed by atoms with E-state index in [2.05, 4.69) is 15.1 Å². The number of hydrogen-bond donors (Lipinski definition) is 1. The molecular formula is C22H26N4O4. The number of anilines is 1. The van der Waals surface area contributed by atoms with Gasteiger partial charge in [0.05, 0.1) is 11.1 Å². The van der Waals surface area contributed by atoms with Crippen LogP contribution >= 0.6 is 0 Å². The summed E-state index contributed by atoms with van der Waals surface area (Å²) in [6.45, 7) is 5.52. The first-order chi connectivity index (χ1) is 14.5. The van der Waals surface area contributed by atoms with Gasteiger partial charge < -0.3 is 9.80 Å². The quantitative estimate of drug-likeness (QED) is 0.746. The fourth-order valence-electron chi connectivity index (χ4n) is 4.96. The van der Waals surface area contributed by atoms with E-state index in [4.69, 9.17) is 0 Å². The van der Waals surface area contributed by atoms with Crippen molar-refractivity contribution in [2.24, 2.45) is 5.92 Å². The zero-order chi connectivity index (χ0) is 20.8. The summed E-state index contributed by atoms with van der Waals surface area (Å²) in [5.74, 6) is -1.12. The topological polar surface area (TPSA) is 90.0 Å². The van der Waals surface area contributed by atoms with Gasteiger partial charge in [-0.3, -0.25) is 29.4 Å². The molecule has 1 aromatic carbocycles. The molecule has 8 nitrogen and oxygen atoms in total. The Balaban J connectivity index is 1.29. The van der Waals surface area contributed by atoms with Gasteiger partial charge in [0.1, 0.15) is 6.04 Å². The molecule has 3 fully saturated rings. The molecule has 4 aliphatic rings. The van der Waals surface area contributed by atoms with Crippen molar-refractivity contribution in [1.82, 2.24) is 15.1 Å². The molecule has 0 spiro atoms. The van der Waals surface area contributed by atoms with Crippen molar-refractivity contribution in [2.75, 3.05) is 37.6 Å². The van der Waals surface area contributed by atoms with Crippen LogP contribution in [-0.2, 0) is 9.59 Å². The molecule has 4 heterocycles. The van der Waals surface area contributed by atoms with Gasteiger partial charge in [0.25, 0.3) is 11.8 Å². The lowest BCUT2D eigenvalue weighted by atomic mass is 9.94. The summed E-state index contributed by atoms with van der Waals surface area (Å²) in [7, 11) is 0. The van der Waals surface area contributed by atoms with Gasteiger partial charge in [-0.05, 0) is 62.9 Å². The highest BCUT2D eigenvalue weighted by Crippen LogP contribution is 2.32. The predicted molar refractivity (Wildman–Crippen MR) is 109 cm³/mol. The number of nitrogens with zero attached hydrogens (tertiary/aromatic N) is 3. The first-order valence-corrected chi connectivity index (χ1v) is 10.8. The van der Waals surface area contributed by atoms with Crippen molar-refractivity contribution in [2.45, 2.75) is 38.1 Å². The molecule has 1 unspecified atom stereocenters. The average Bonchev–Trinajstić information content (AvgIpc) is 2.96. The van der Waals surface area contributed by atoms with E-state index in [9.17, 15) is 19.2 Å². The molecule has 0 radical (unpaired) electrons. The molecule has 8 heteroatoms. The van der Waals surface area contributed by atoms with Crippen LogP contribution in [0.3, 0.4) is 0 Å². The van der Waals surface area contributed by atoms with Crippen LogP contribution in [-0.4, -0.2) is 72.2 Å². The van der Waals surface area contributed by atoms with Crippen LogP contribution in [0.25, 0.3) is 0 Å². The van der Waals surface area contributed by atoms with E-state index >= 15 is 0 Å². The summed E-state index contributed by atoms with van der Waals surface area (Å²) in [5.41, 5.74) is 1.63. The van der Waals surface area contributed by atoms with Crippen molar-refractivity contribution in [3.63, 3.8) is 0 Å². The Bertz CT molecular complexity index is 918. The van der Waals surface area contributed by atoms with Gasteiger partial charge in [0, 0.05) is 31.7 Å². The molecular weight excluding hydrogens is 384 g/mol. The molecule has 1 atom stereocenters. The molecule has 30 heavy (non-hydrogen) atoms. The van der Waals surface area contributed by atoms with E-state index in [1.807, 2.05) is 6.07 Å². The predicted octanol–water partition coefficient (Wildman–Crippen LogP) is 1.01. The van der Waals surface area contributed by atoms with Gasteiger partial charge in [-0.2, -0.15) is 0 Å². The molecule has 1 aromatic rings. The van der Waals surface area contributed by atoms with E-state index in [-0.39, 0.29) is 18.7 Å². The van der Waals surface area contributed by atoms with Crippen LogP contribution in [0.1, 0.15) is 52.8 Å². The fraction of sp³-hybridized carbons (Fsp3) is 0.545. The lowest BCUT2D eigenvalue weighted by molar-refractivity contribution is -0.136. The number of carbonyl (C=O) groups excluding carboxylic acids is 4. The highest BCUT2D eigenvalue weighted by atomic mass is 16.2. The third kappa shape index (κ3) is 3.29. The number of nitrogens with one attached hydrogen (secondary N) is 1. The Morgan fingerprint density at radius 2 is 1.63 bits per heavy atom. The smallest absolute Gasteiger partial charge is 0.262 e. The molecule has 0 aromatic heterocycles. The molecule has 158 valence electrons. The minimum Gasteiger partial charge on any atom is -0.371 e. The Hall–Kier alpha value is -2.74. The standard InChI is InChI=1S/C22H26N4O4/c27-19-5-4-18(20(28)23-19)26-21(29)16-3-2-15(12-17(16)22(26)30)25-10-6-14(7-11-25)13-24-8-1-9-24/h2-3,12,14,18H,1,4-11,13H2,(H,23,27,28). The normalized spacial score (nSPS) is 25.4. The van der Waals surface area contributed by atoms with Crippen molar-refractivity contribution in [3.8, 4) is 0 Å². The first kappa shape index (κ1) is 19.2. The molecule has 3 saturated heterocycles. The van der Waals surface area contributed by atoms with Gasteiger partial charge in [-0.1, -0.05) is 0 Å². The lowest BCUT2D eigenvalue weighted by Crippen LogP contribution is -2.54. The second kappa shape index (κ2) is 7.50. The number of piperidine rings is 2. The zero-order valence-electron chi connectivity index (χ0n) is 16.9. The second-order valence-corrected chi connectivity index (χ2v) is 8.76. The fourth-order valence-corrected chi connectivity index (χ4v) is 4.96. The van der Waals surface area contributed by atoms with Crippen LogP contribution < -0.4 is 10.2 Å². The van der Waals surface area contributed by atoms with Crippen molar-refractivity contribution < 1.29 is 19.2 Å². The van der Waals surface area contributed by atoms with E-state index in [0.717, 1.165) is 42.4 Å². The largest absolute Gasteiger partial charge is 0.371 e. The molecule has 1 N–H and O–H groups in total. The summed E-state index contributed by atoms with van der Waals surface area (Å²) < 4.78 is 0. The summed E-state index contributed by atoms with van der Waals surface area (Å²) in [5, 5.41) is 2.23. The third-order valence-electron chi connectivity index (χ3n) is 6.87. The highest BCUT2D eigenvalue weighted by Gasteiger charge is 2.44. The number of rotatable bonds is 4. The number of fused-ring (bicyclic) bond motifs is 1. The van der Waals surface area contributed by atoms with Crippen molar-refractivity contribution in [1.29, 1.82) is 0 Å². The zero-order valence-corrected chi connectivity index (χ0v) is 16.9. The number of carbonyl (C=O) groups is 4. The molecule has 0 saturated carbocycles. The molecule has 0 bridgehead atoms. The summed E-state index contributed by atoms with van der Waals surface area (Å²) in [6, 6.07) is 4.46. The van der Waals surface area contributed by atoms with E-state index < -0.39 is 23.8 Å². The van der Waals surface area contributed by atoms with Gasteiger partial charge in [-0.15, -0.1) is 0 Å². The molecule has 4 aliphatic heterocycles. The summed E-state index contributed by atoms with van der Waals surface area (Å²) >= 11 is 0. The van der Waals surface area contributed by atoms with Crippen LogP contribution in [0.4, 0.5) is 5.69 Å². The van der Waals surface area contributed by atoms with Gasteiger partial charge in [0.2, 0.25) is 11.8 Å². The number of benzene rings is 1. The van der Waals surface area contributed by atoms with Crippen LogP contribution in [0.5, 0.6) is 0 Å². The summed E-state index contributed by atoms with van der Waals surface area (Å²) in [6.07, 6.45) is 3.87. The Morgan fingerprint density at radius 3 is 2.30 bits per heavy atom. The van der Waals surface area contributed by atoms with E-state index in [1.165, 1.54) is 26.1 Å². The van der Waals surface area contributed by atoms with Gasteiger partial charge >= 0.3 is 0 Å². The number of imide groups is 2. The maximum Gasteiger partial charge on any atom is 0.262 e. The van der Waals surface area contributed by atoms with Crippen molar-refractivity contribution >= 4 is 29.3 Å². The second-order valence-electron chi connectivity index (χ2n) is 8.76. The van der Waals surface area contributed by atoms with Gasteiger partial charge in [0.15, 0.2) is 0 Å². The SMILES string of the molecule is O=C1CCC(N2C(=O)c3ccc(N4CCC(CN5CCC5)CC4)cc3C2=O)C(=O)N1. The minimum absolute atomic E-state index is 0.126. The Kier molecular flexibility index (Phi) is 4.81. The molecule has 5 rings (SSSR count). The molecule has 0 aliphatic carbocycles.